The maximum Gasteiger partial charge on any atom is 0.430 e. The van der Waals surface area contributed by atoms with Crippen LogP contribution in [0.2, 0.25) is 0 Å². The zero-order valence-electron chi connectivity index (χ0n) is 20.7. The Morgan fingerprint density at radius 1 is 1.02 bits per heavy atom. The van der Waals surface area contributed by atoms with Gasteiger partial charge in [-0.25, -0.2) is 21.6 Å². The van der Waals surface area contributed by atoms with E-state index >= 15 is 0 Å². The van der Waals surface area contributed by atoms with Crippen LogP contribution in [0.5, 0.6) is 0 Å². The van der Waals surface area contributed by atoms with Crippen LogP contribution >= 0.6 is 12.2 Å². The van der Waals surface area contributed by atoms with Crippen molar-refractivity contribution in [3.05, 3.63) is 52.5 Å². The average Bonchev–Trinajstić information content (AvgIpc) is 2.84. The first-order valence-corrected chi connectivity index (χ1v) is 15.1. The molecule has 0 aromatic heterocycles. The Labute approximate surface area is 232 Å². The number of benzene rings is 1. The monoisotopic (exact) mass is 631 g/mol. The van der Waals surface area contributed by atoms with Crippen molar-refractivity contribution in [2.75, 3.05) is 43.9 Å². The Balaban J connectivity index is 1.97. The third kappa shape index (κ3) is 6.69. The van der Waals surface area contributed by atoms with Crippen molar-refractivity contribution in [2.24, 2.45) is 0 Å². The second-order valence-electron chi connectivity index (χ2n) is 8.81. The molecule has 0 spiro atoms. The molecule has 1 heterocycles. The topological polar surface area (TPSA) is 107 Å². The maximum absolute atomic E-state index is 13.5. The lowest BCUT2D eigenvalue weighted by molar-refractivity contribution is -0.376. The van der Waals surface area contributed by atoms with Crippen LogP contribution in [0.1, 0.15) is 17.5 Å². The molecule has 1 saturated heterocycles. The van der Waals surface area contributed by atoms with Crippen LogP contribution < -0.4 is 9.62 Å². The SMILES string of the molecule is CS(=O)(=O)NCC#Cc1cc(C(O)(C(F)(F)F)C(F)(F)F)ccc1N1CCN(S(=O)(=O)C2=CC=CCC2=S)CC1. The van der Waals surface area contributed by atoms with Gasteiger partial charge in [0.25, 0.3) is 5.60 Å². The number of nitrogens with one attached hydrogen (secondary N) is 1. The third-order valence-electron chi connectivity index (χ3n) is 6.04. The van der Waals surface area contributed by atoms with Crippen molar-refractivity contribution in [2.45, 2.75) is 24.4 Å². The predicted molar refractivity (Wildman–Crippen MR) is 139 cm³/mol. The summed E-state index contributed by atoms with van der Waals surface area (Å²) >= 11 is 5.15. The highest BCUT2D eigenvalue weighted by molar-refractivity contribution is 7.96. The van der Waals surface area contributed by atoms with Crippen LogP contribution in [-0.2, 0) is 25.6 Å². The highest BCUT2D eigenvalue weighted by atomic mass is 32.2. The lowest BCUT2D eigenvalue weighted by Gasteiger charge is -2.37. The Hall–Kier alpha value is -2.49. The Kier molecular flexibility index (Phi) is 9.14. The van der Waals surface area contributed by atoms with Crippen LogP contribution in [0.25, 0.3) is 0 Å². The number of piperazine rings is 1. The first-order chi connectivity index (χ1) is 18.3. The van der Waals surface area contributed by atoms with Gasteiger partial charge in [0, 0.05) is 48.6 Å². The highest BCUT2D eigenvalue weighted by Crippen LogP contribution is 2.50. The van der Waals surface area contributed by atoms with Gasteiger partial charge in [-0.1, -0.05) is 42.3 Å². The zero-order valence-corrected chi connectivity index (χ0v) is 23.1. The number of nitrogens with zero attached hydrogens (tertiary/aromatic N) is 2. The first kappa shape index (κ1) is 32.0. The van der Waals surface area contributed by atoms with E-state index in [4.69, 9.17) is 12.2 Å². The molecule has 40 heavy (non-hydrogen) atoms. The number of sulfonamides is 2. The Morgan fingerprint density at radius 3 is 2.15 bits per heavy atom. The molecule has 220 valence electrons. The normalized spacial score (nSPS) is 17.9. The first-order valence-electron chi connectivity index (χ1n) is 11.4. The number of anilines is 1. The molecule has 17 heteroatoms. The van der Waals surface area contributed by atoms with Gasteiger partial charge >= 0.3 is 12.4 Å². The van der Waals surface area contributed by atoms with E-state index in [1.54, 1.807) is 12.2 Å². The van der Waals surface area contributed by atoms with Crippen LogP contribution in [0.3, 0.4) is 0 Å². The number of allylic oxidation sites excluding steroid dienone is 4. The van der Waals surface area contributed by atoms with Gasteiger partial charge in [0.05, 0.1) is 23.4 Å². The fourth-order valence-corrected chi connectivity index (χ4v) is 6.35. The minimum Gasteiger partial charge on any atom is -0.369 e. The molecule has 0 radical (unpaired) electrons. The number of halogens is 6. The van der Waals surface area contributed by atoms with Gasteiger partial charge in [-0.05, 0) is 18.2 Å². The second kappa shape index (κ2) is 11.4. The molecule has 0 amide bonds. The number of hydrogen-bond donors (Lipinski definition) is 2. The van der Waals surface area contributed by atoms with E-state index in [1.165, 1.54) is 15.3 Å². The van der Waals surface area contributed by atoms with Crippen LogP contribution in [0.4, 0.5) is 32.0 Å². The molecule has 2 N–H and O–H groups in total. The number of thiocarbonyl (C=S) groups is 1. The minimum atomic E-state index is -6.13. The van der Waals surface area contributed by atoms with E-state index in [0.717, 1.165) is 12.3 Å². The number of rotatable bonds is 6. The summed E-state index contributed by atoms with van der Waals surface area (Å²) in [6.45, 7) is -0.668. The largest absolute Gasteiger partial charge is 0.430 e. The summed E-state index contributed by atoms with van der Waals surface area (Å²) < 4.78 is 133. The molecule has 1 fully saturated rings. The molecule has 0 unspecified atom stereocenters. The van der Waals surface area contributed by atoms with Crippen molar-refractivity contribution < 1.29 is 48.3 Å². The fourth-order valence-electron chi connectivity index (χ4n) is 3.99. The van der Waals surface area contributed by atoms with E-state index in [0.29, 0.717) is 12.1 Å². The van der Waals surface area contributed by atoms with Crippen molar-refractivity contribution in [1.29, 1.82) is 0 Å². The van der Waals surface area contributed by atoms with Gasteiger partial charge < -0.3 is 10.0 Å². The molecule has 2 aliphatic rings. The molecule has 3 rings (SSSR count). The van der Waals surface area contributed by atoms with Gasteiger partial charge in [-0.2, -0.15) is 30.6 Å². The molecule has 1 aromatic rings. The van der Waals surface area contributed by atoms with Crippen molar-refractivity contribution in [1.82, 2.24) is 9.03 Å². The van der Waals surface area contributed by atoms with Crippen molar-refractivity contribution in [3.8, 4) is 11.8 Å². The van der Waals surface area contributed by atoms with E-state index in [2.05, 4.69) is 11.8 Å². The summed E-state index contributed by atoms with van der Waals surface area (Å²) in [4.78, 5) is 1.73. The van der Waals surface area contributed by atoms with Gasteiger partial charge in [0.1, 0.15) is 0 Å². The highest BCUT2D eigenvalue weighted by Gasteiger charge is 2.71. The fraction of sp³-hybridized carbons (Fsp3) is 0.435. The third-order valence-corrected chi connectivity index (χ3v) is 9.21. The minimum absolute atomic E-state index is 0.00641. The van der Waals surface area contributed by atoms with Crippen LogP contribution in [0, 0.1) is 11.8 Å². The summed E-state index contributed by atoms with van der Waals surface area (Å²) in [6, 6.07) is 1.82. The quantitative estimate of drug-likeness (QED) is 0.283. The smallest absolute Gasteiger partial charge is 0.369 e. The molecule has 0 bridgehead atoms. The van der Waals surface area contributed by atoms with E-state index in [9.17, 15) is 48.3 Å². The van der Waals surface area contributed by atoms with Gasteiger partial charge in [-0.15, -0.1) is 0 Å². The van der Waals surface area contributed by atoms with E-state index in [-0.39, 0.29) is 53.6 Å². The van der Waals surface area contributed by atoms with Crippen molar-refractivity contribution >= 4 is 42.8 Å². The summed E-state index contributed by atoms with van der Waals surface area (Å²) in [5.74, 6) is 4.70. The molecular weight excluding hydrogens is 608 g/mol. The standard InChI is InChI=1S/C23H23F6N3O5S3/c1-39(34,35)30-10-4-5-16-15-17(21(33,22(24,25)26)23(27,28)29)8-9-18(16)31-11-13-32(14-12-31)40(36,37)20-7-3-2-6-19(20)38/h2-3,7-9,15,30,33H,6,10-14H2,1H3. The summed E-state index contributed by atoms with van der Waals surface area (Å²) in [5, 5.41) is 9.83. The van der Waals surface area contributed by atoms with Crippen molar-refractivity contribution in [3.63, 3.8) is 0 Å². The van der Waals surface area contributed by atoms with E-state index in [1.807, 2.05) is 4.72 Å². The summed E-state index contributed by atoms with van der Waals surface area (Å²) in [7, 11) is -7.63. The molecule has 1 aliphatic heterocycles. The van der Waals surface area contributed by atoms with Crippen LogP contribution in [-0.4, -0.2) is 82.4 Å². The molecule has 0 atom stereocenters. The zero-order chi connectivity index (χ0) is 30.1. The maximum atomic E-state index is 13.5. The average molecular weight is 632 g/mol. The van der Waals surface area contributed by atoms with Gasteiger partial charge in [0.15, 0.2) is 0 Å². The lowest BCUT2D eigenvalue weighted by atomic mass is 9.90. The second-order valence-corrected chi connectivity index (χ2v) is 13.0. The van der Waals surface area contributed by atoms with E-state index < -0.39 is 50.1 Å². The lowest BCUT2D eigenvalue weighted by Crippen LogP contribution is -2.54. The summed E-state index contributed by atoms with van der Waals surface area (Å²) in [6.07, 6.45) is -6.49. The Morgan fingerprint density at radius 2 is 1.62 bits per heavy atom. The van der Waals surface area contributed by atoms with Gasteiger partial charge in [0.2, 0.25) is 20.0 Å². The van der Waals surface area contributed by atoms with Crippen LogP contribution in [0.15, 0.2) is 41.3 Å². The number of aliphatic hydroxyl groups is 1. The Bertz CT molecular complexity index is 1480. The predicted octanol–water partition coefficient (Wildman–Crippen LogP) is 2.57. The molecule has 8 nitrogen and oxygen atoms in total. The molecule has 1 aromatic carbocycles. The molecular formula is C23H23F6N3O5S3. The summed E-state index contributed by atoms with van der Waals surface area (Å²) in [5.41, 5.74) is -7.04. The van der Waals surface area contributed by atoms with Gasteiger partial charge in [-0.3, -0.25) is 0 Å². The number of hydrogen-bond acceptors (Lipinski definition) is 7. The molecule has 1 aliphatic carbocycles. The number of alkyl halides is 6. The molecule has 0 saturated carbocycles.